The zero-order chi connectivity index (χ0) is 23.8. The van der Waals surface area contributed by atoms with Crippen LogP contribution in [0.15, 0.2) is 40.3 Å². The number of hydrogen-bond donors (Lipinski definition) is 2. The second kappa shape index (κ2) is 8.36. The average Bonchev–Trinajstić information content (AvgIpc) is 2.71. The summed E-state index contributed by atoms with van der Waals surface area (Å²) in [6.07, 6.45) is 1.10. The quantitative estimate of drug-likeness (QED) is 0.406. The van der Waals surface area contributed by atoms with Crippen LogP contribution in [0.2, 0.25) is 0 Å². The molecule has 3 aromatic rings. The number of sulfonamides is 1. The van der Waals surface area contributed by atoms with E-state index in [1.807, 2.05) is 0 Å². The van der Waals surface area contributed by atoms with Crippen molar-refractivity contribution in [1.82, 2.24) is 9.55 Å². The number of nitrogens with one attached hydrogen (secondary N) is 1. The number of nitrogens with zero attached hydrogens (tertiary/aromatic N) is 3. The molecule has 0 fully saturated rings. The third kappa shape index (κ3) is 4.29. The molecule has 0 saturated heterocycles. The fraction of sp³-hybridized carbons (Fsp3) is 0.211. The maximum atomic E-state index is 12.7. The van der Waals surface area contributed by atoms with Crippen molar-refractivity contribution in [2.24, 2.45) is 5.14 Å². The summed E-state index contributed by atoms with van der Waals surface area (Å²) < 4.78 is 30.1. The normalized spacial score (nSPS) is 11.4. The highest BCUT2D eigenvalue weighted by Crippen LogP contribution is 2.35. The molecular formula is C19H19N5O7S. The summed E-state index contributed by atoms with van der Waals surface area (Å²) in [5.74, 6) is -0.406. The average molecular weight is 461 g/mol. The zero-order valence-electron chi connectivity index (χ0n) is 17.3. The number of rotatable bonds is 6. The van der Waals surface area contributed by atoms with Gasteiger partial charge in [-0.1, -0.05) is 0 Å². The maximum absolute atomic E-state index is 12.7. The highest BCUT2D eigenvalue weighted by molar-refractivity contribution is 7.89. The number of carbonyl (C=O) groups is 1. The van der Waals surface area contributed by atoms with Gasteiger partial charge in [0.15, 0.2) is 0 Å². The lowest BCUT2D eigenvalue weighted by Gasteiger charge is -2.17. The first kappa shape index (κ1) is 22.8. The van der Waals surface area contributed by atoms with Crippen molar-refractivity contribution in [2.75, 3.05) is 12.4 Å². The number of carbonyl (C=O) groups excluding carboxylic acids is 1. The summed E-state index contributed by atoms with van der Waals surface area (Å²) in [6.45, 7) is 2.74. The Balaban J connectivity index is 1.95. The molecule has 0 atom stereocenters. The van der Waals surface area contributed by atoms with E-state index in [0.717, 1.165) is 17.0 Å². The molecule has 0 aliphatic rings. The van der Waals surface area contributed by atoms with E-state index in [2.05, 4.69) is 10.3 Å². The Morgan fingerprint density at radius 3 is 2.56 bits per heavy atom. The van der Waals surface area contributed by atoms with Gasteiger partial charge in [0.05, 0.1) is 39.8 Å². The predicted molar refractivity (Wildman–Crippen MR) is 115 cm³/mol. The topological polar surface area (TPSA) is 177 Å². The number of aromatic nitrogens is 2. The number of methoxy groups -OCH3 is 1. The van der Waals surface area contributed by atoms with Crippen LogP contribution >= 0.6 is 0 Å². The number of nitro groups is 1. The maximum Gasteiger partial charge on any atom is 0.271 e. The molecule has 3 N–H and O–H groups in total. The van der Waals surface area contributed by atoms with Gasteiger partial charge in [-0.15, -0.1) is 0 Å². The van der Waals surface area contributed by atoms with Crippen LogP contribution < -0.4 is 20.8 Å². The largest absolute Gasteiger partial charge is 0.494 e. The van der Waals surface area contributed by atoms with Gasteiger partial charge < -0.3 is 10.1 Å². The first-order valence-corrected chi connectivity index (χ1v) is 10.6. The number of anilines is 1. The van der Waals surface area contributed by atoms with E-state index in [0.29, 0.717) is 11.1 Å². The fourth-order valence-electron chi connectivity index (χ4n) is 3.23. The van der Waals surface area contributed by atoms with Gasteiger partial charge in [-0.25, -0.2) is 18.5 Å². The highest BCUT2D eigenvalue weighted by Gasteiger charge is 2.21. The number of nitro benzene ring substituents is 1. The van der Waals surface area contributed by atoms with Crippen molar-refractivity contribution in [3.05, 3.63) is 62.2 Å². The molecule has 0 spiro atoms. The number of nitrogens with two attached hydrogens (primary N) is 1. The van der Waals surface area contributed by atoms with Crippen LogP contribution in [0.1, 0.15) is 11.1 Å². The molecule has 32 heavy (non-hydrogen) atoms. The number of benzene rings is 2. The summed E-state index contributed by atoms with van der Waals surface area (Å²) in [5, 5.41) is 18.8. The number of hydrogen-bond acceptors (Lipinski definition) is 8. The van der Waals surface area contributed by atoms with Gasteiger partial charge in [-0.3, -0.25) is 24.3 Å². The lowest BCUT2D eigenvalue weighted by atomic mass is 10.1. The molecule has 168 valence electrons. The molecule has 12 nitrogen and oxygen atoms in total. The molecule has 1 amide bonds. The van der Waals surface area contributed by atoms with Gasteiger partial charge in [0.2, 0.25) is 15.9 Å². The molecule has 0 bridgehead atoms. The van der Waals surface area contributed by atoms with Gasteiger partial charge in [0, 0.05) is 12.1 Å². The standard InChI is InChI=1S/C19H19N5O7S/c1-10-11(2)18(31-3)15(7-16(10)32(20,29)30)22-17(25)8-23-9-21-14-6-12(24(27)28)4-5-13(14)19(23)26/h4-7,9H,8H2,1-3H3,(H,22,25)(H2,20,29,30). The Labute approximate surface area is 181 Å². The molecule has 0 aliphatic carbocycles. The molecule has 0 radical (unpaired) electrons. The van der Waals surface area contributed by atoms with E-state index in [9.17, 15) is 28.1 Å². The zero-order valence-corrected chi connectivity index (χ0v) is 18.1. The van der Waals surface area contributed by atoms with Gasteiger partial charge in [-0.05, 0) is 37.1 Å². The smallest absolute Gasteiger partial charge is 0.271 e. The van der Waals surface area contributed by atoms with Gasteiger partial charge in [-0.2, -0.15) is 0 Å². The SMILES string of the molecule is COc1c(NC(=O)Cn2cnc3cc([N+](=O)[O-])ccc3c2=O)cc(S(N)(=O)=O)c(C)c1C. The monoisotopic (exact) mass is 461 g/mol. The second-order valence-corrected chi connectivity index (χ2v) is 8.46. The minimum Gasteiger partial charge on any atom is -0.494 e. The van der Waals surface area contributed by atoms with E-state index >= 15 is 0 Å². The van der Waals surface area contributed by atoms with E-state index in [1.165, 1.54) is 25.3 Å². The Hall–Kier alpha value is -3.84. The minimum absolute atomic E-state index is 0.0713. The Bertz CT molecular complexity index is 1430. The number of ether oxygens (including phenoxy) is 1. The molecule has 2 aromatic carbocycles. The summed E-state index contributed by atoms with van der Waals surface area (Å²) >= 11 is 0. The third-order valence-electron chi connectivity index (χ3n) is 4.91. The summed E-state index contributed by atoms with van der Waals surface area (Å²) in [4.78, 5) is 39.4. The number of fused-ring (bicyclic) bond motifs is 1. The Morgan fingerprint density at radius 2 is 1.97 bits per heavy atom. The number of primary sulfonamides is 1. The number of non-ortho nitro benzene ring substituents is 1. The molecule has 0 aliphatic heterocycles. The molecule has 1 aromatic heterocycles. The first-order valence-electron chi connectivity index (χ1n) is 9.08. The molecular weight excluding hydrogens is 442 g/mol. The van der Waals surface area contributed by atoms with Crippen LogP contribution in [0.25, 0.3) is 10.9 Å². The lowest BCUT2D eigenvalue weighted by Crippen LogP contribution is -2.28. The highest BCUT2D eigenvalue weighted by atomic mass is 32.2. The predicted octanol–water partition coefficient (Wildman–Crippen LogP) is 1.22. The van der Waals surface area contributed by atoms with Crippen LogP contribution in [-0.2, 0) is 21.4 Å². The van der Waals surface area contributed by atoms with Crippen LogP contribution in [0.4, 0.5) is 11.4 Å². The van der Waals surface area contributed by atoms with Crippen molar-refractivity contribution in [3.8, 4) is 5.75 Å². The van der Waals surface area contributed by atoms with Crippen molar-refractivity contribution in [2.45, 2.75) is 25.3 Å². The fourth-order valence-corrected chi connectivity index (χ4v) is 4.09. The lowest BCUT2D eigenvalue weighted by molar-refractivity contribution is -0.384. The van der Waals surface area contributed by atoms with Gasteiger partial charge in [0.25, 0.3) is 11.2 Å². The van der Waals surface area contributed by atoms with Gasteiger partial charge >= 0.3 is 0 Å². The minimum atomic E-state index is -4.06. The van der Waals surface area contributed by atoms with E-state index in [-0.39, 0.29) is 32.9 Å². The van der Waals surface area contributed by atoms with Crippen LogP contribution in [-0.4, -0.2) is 35.9 Å². The molecule has 0 saturated carbocycles. The van der Waals surface area contributed by atoms with E-state index < -0.39 is 33.0 Å². The van der Waals surface area contributed by atoms with Crippen molar-refractivity contribution in [1.29, 1.82) is 0 Å². The Morgan fingerprint density at radius 1 is 1.28 bits per heavy atom. The van der Waals surface area contributed by atoms with Crippen molar-refractivity contribution in [3.63, 3.8) is 0 Å². The summed E-state index contributed by atoms with van der Waals surface area (Å²) in [7, 11) is -2.69. The summed E-state index contributed by atoms with van der Waals surface area (Å²) in [6, 6.07) is 4.79. The van der Waals surface area contributed by atoms with Gasteiger partial charge in [0.1, 0.15) is 12.3 Å². The molecule has 1 heterocycles. The van der Waals surface area contributed by atoms with E-state index in [1.54, 1.807) is 13.8 Å². The molecule has 13 heteroatoms. The second-order valence-electron chi connectivity index (χ2n) is 6.93. The van der Waals surface area contributed by atoms with Crippen LogP contribution in [0.3, 0.4) is 0 Å². The van der Waals surface area contributed by atoms with E-state index in [4.69, 9.17) is 9.88 Å². The first-order chi connectivity index (χ1) is 14.9. The molecule has 3 rings (SSSR count). The Kier molecular flexibility index (Phi) is 5.96. The van der Waals surface area contributed by atoms with Crippen molar-refractivity contribution < 1.29 is 22.9 Å². The van der Waals surface area contributed by atoms with Crippen LogP contribution in [0, 0.1) is 24.0 Å². The number of amides is 1. The van der Waals surface area contributed by atoms with Crippen molar-refractivity contribution >= 4 is 38.2 Å². The third-order valence-corrected chi connectivity index (χ3v) is 5.95. The van der Waals surface area contributed by atoms with Crippen LogP contribution in [0.5, 0.6) is 5.75 Å². The summed E-state index contributed by atoms with van der Waals surface area (Å²) in [5.41, 5.74) is 0.257. The molecule has 0 unspecified atom stereocenters.